The first-order valence-electron chi connectivity index (χ1n) is 8.45. The third kappa shape index (κ3) is 3.22. The zero-order chi connectivity index (χ0) is 17.3. The minimum absolute atomic E-state index is 0.129. The first kappa shape index (κ1) is 17.1. The SMILES string of the molecule is Cc1ccccc1[C@@H]1CCN(C(=O)c2c(C)nn(C)c2C)CCS1. The number of rotatable bonds is 2. The van der Waals surface area contributed by atoms with Crippen LogP contribution in [0, 0.1) is 20.8 Å². The Labute approximate surface area is 148 Å². The molecule has 1 aromatic carbocycles. The van der Waals surface area contributed by atoms with E-state index < -0.39 is 0 Å². The van der Waals surface area contributed by atoms with Gasteiger partial charge in [0.25, 0.3) is 5.91 Å². The molecule has 0 N–H and O–H groups in total. The van der Waals surface area contributed by atoms with Crippen molar-refractivity contribution in [3.05, 3.63) is 52.3 Å². The minimum Gasteiger partial charge on any atom is -0.338 e. The average Bonchev–Trinajstić information content (AvgIpc) is 2.73. The van der Waals surface area contributed by atoms with Gasteiger partial charge in [-0.2, -0.15) is 16.9 Å². The summed E-state index contributed by atoms with van der Waals surface area (Å²) < 4.78 is 1.80. The van der Waals surface area contributed by atoms with Gasteiger partial charge in [-0.15, -0.1) is 0 Å². The summed E-state index contributed by atoms with van der Waals surface area (Å²) in [6.07, 6.45) is 1.000. The zero-order valence-electron chi connectivity index (χ0n) is 14.9. The molecule has 0 spiro atoms. The maximum absolute atomic E-state index is 13.0. The lowest BCUT2D eigenvalue weighted by atomic mass is 10.0. The lowest BCUT2D eigenvalue weighted by Crippen LogP contribution is -2.33. The van der Waals surface area contributed by atoms with E-state index in [2.05, 4.69) is 36.3 Å². The van der Waals surface area contributed by atoms with Crippen LogP contribution in [-0.2, 0) is 7.05 Å². The van der Waals surface area contributed by atoms with Crippen molar-refractivity contribution in [3.63, 3.8) is 0 Å². The molecule has 128 valence electrons. The Morgan fingerprint density at radius 3 is 2.62 bits per heavy atom. The van der Waals surface area contributed by atoms with Crippen LogP contribution in [0.3, 0.4) is 0 Å². The van der Waals surface area contributed by atoms with Gasteiger partial charge in [0.1, 0.15) is 0 Å². The highest BCUT2D eigenvalue weighted by molar-refractivity contribution is 7.99. The smallest absolute Gasteiger partial charge is 0.257 e. The molecule has 1 atom stereocenters. The second-order valence-corrected chi connectivity index (χ2v) is 7.78. The lowest BCUT2D eigenvalue weighted by Gasteiger charge is -2.21. The average molecular weight is 343 g/mol. The molecular weight excluding hydrogens is 318 g/mol. The van der Waals surface area contributed by atoms with Crippen molar-refractivity contribution in [1.82, 2.24) is 14.7 Å². The van der Waals surface area contributed by atoms with Crippen LogP contribution in [0.5, 0.6) is 0 Å². The van der Waals surface area contributed by atoms with Gasteiger partial charge < -0.3 is 4.90 Å². The molecule has 1 aliphatic heterocycles. The molecule has 0 unspecified atom stereocenters. The van der Waals surface area contributed by atoms with Gasteiger partial charge in [-0.25, -0.2) is 0 Å². The number of nitrogens with zero attached hydrogens (tertiary/aromatic N) is 3. The second kappa shape index (κ2) is 7.01. The summed E-state index contributed by atoms with van der Waals surface area (Å²) in [7, 11) is 1.89. The van der Waals surface area contributed by atoms with Crippen molar-refractivity contribution < 1.29 is 4.79 Å². The minimum atomic E-state index is 0.129. The maximum atomic E-state index is 13.0. The van der Waals surface area contributed by atoms with Gasteiger partial charge >= 0.3 is 0 Å². The van der Waals surface area contributed by atoms with E-state index in [1.54, 1.807) is 4.68 Å². The van der Waals surface area contributed by atoms with Crippen molar-refractivity contribution in [2.45, 2.75) is 32.4 Å². The summed E-state index contributed by atoms with van der Waals surface area (Å²) in [6, 6.07) is 8.59. The Bertz CT molecular complexity index is 753. The Morgan fingerprint density at radius 2 is 1.96 bits per heavy atom. The van der Waals surface area contributed by atoms with E-state index in [0.717, 1.165) is 42.2 Å². The predicted octanol–water partition coefficient (Wildman–Crippen LogP) is 3.67. The molecule has 0 bridgehead atoms. The number of aryl methyl sites for hydroxylation is 3. The van der Waals surface area contributed by atoms with E-state index >= 15 is 0 Å². The van der Waals surface area contributed by atoms with Gasteiger partial charge in [-0.1, -0.05) is 24.3 Å². The quantitative estimate of drug-likeness (QED) is 0.835. The molecule has 5 heteroatoms. The lowest BCUT2D eigenvalue weighted by molar-refractivity contribution is 0.0765. The molecule has 1 fully saturated rings. The molecule has 1 aliphatic rings. The summed E-state index contributed by atoms with van der Waals surface area (Å²) in [5.41, 5.74) is 5.30. The molecule has 2 aromatic rings. The molecule has 24 heavy (non-hydrogen) atoms. The normalized spacial score (nSPS) is 18.5. The summed E-state index contributed by atoms with van der Waals surface area (Å²) in [5.74, 6) is 1.10. The van der Waals surface area contributed by atoms with Crippen molar-refractivity contribution >= 4 is 17.7 Å². The van der Waals surface area contributed by atoms with Crippen molar-refractivity contribution in [2.75, 3.05) is 18.8 Å². The van der Waals surface area contributed by atoms with Crippen LogP contribution in [-0.4, -0.2) is 39.4 Å². The van der Waals surface area contributed by atoms with Crippen LogP contribution in [0.25, 0.3) is 0 Å². The molecule has 4 nitrogen and oxygen atoms in total. The molecule has 0 radical (unpaired) electrons. The molecule has 1 amide bonds. The zero-order valence-corrected chi connectivity index (χ0v) is 15.7. The van der Waals surface area contributed by atoms with Crippen LogP contribution in [0.1, 0.15) is 44.5 Å². The molecule has 2 heterocycles. The Kier molecular flexibility index (Phi) is 4.99. The Hall–Kier alpha value is -1.75. The fourth-order valence-electron chi connectivity index (χ4n) is 3.41. The van der Waals surface area contributed by atoms with Crippen LogP contribution in [0.2, 0.25) is 0 Å². The monoisotopic (exact) mass is 343 g/mol. The fourth-order valence-corrected chi connectivity index (χ4v) is 4.74. The van der Waals surface area contributed by atoms with E-state index in [4.69, 9.17) is 0 Å². The van der Waals surface area contributed by atoms with E-state index in [9.17, 15) is 4.79 Å². The van der Waals surface area contributed by atoms with Gasteiger partial charge in [0.15, 0.2) is 0 Å². The van der Waals surface area contributed by atoms with Crippen molar-refractivity contribution in [3.8, 4) is 0 Å². The Balaban J connectivity index is 1.76. The number of aromatic nitrogens is 2. The highest BCUT2D eigenvalue weighted by atomic mass is 32.2. The van der Waals surface area contributed by atoms with E-state index in [1.807, 2.05) is 37.6 Å². The maximum Gasteiger partial charge on any atom is 0.257 e. The standard InChI is InChI=1S/C19H25N3OS/c1-13-7-5-6-8-16(13)17-9-10-22(11-12-24-17)19(23)18-14(2)20-21(4)15(18)3/h5-8,17H,9-12H2,1-4H3/t17-/m0/s1. The van der Waals surface area contributed by atoms with E-state index in [0.29, 0.717) is 5.25 Å². The summed E-state index contributed by atoms with van der Waals surface area (Å²) in [5, 5.41) is 4.86. The first-order chi connectivity index (χ1) is 11.5. The molecule has 1 saturated heterocycles. The number of amides is 1. The van der Waals surface area contributed by atoms with Gasteiger partial charge in [-0.05, 0) is 38.3 Å². The number of thioether (sulfide) groups is 1. The topological polar surface area (TPSA) is 38.1 Å². The molecule has 0 saturated carbocycles. The molecular formula is C19H25N3OS. The van der Waals surface area contributed by atoms with E-state index in [-0.39, 0.29) is 5.91 Å². The second-order valence-electron chi connectivity index (χ2n) is 6.47. The molecule has 0 aliphatic carbocycles. The molecule has 1 aromatic heterocycles. The van der Waals surface area contributed by atoms with Crippen molar-refractivity contribution in [1.29, 1.82) is 0 Å². The van der Waals surface area contributed by atoms with Gasteiger partial charge in [0, 0.05) is 36.8 Å². The van der Waals surface area contributed by atoms with Crippen LogP contribution in [0.15, 0.2) is 24.3 Å². The molecule has 3 rings (SSSR count). The third-order valence-corrected chi connectivity index (χ3v) is 6.20. The van der Waals surface area contributed by atoms with Gasteiger partial charge in [0.2, 0.25) is 0 Å². The third-order valence-electron chi connectivity index (χ3n) is 4.89. The summed E-state index contributed by atoms with van der Waals surface area (Å²) >= 11 is 1.97. The number of carbonyl (C=O) groups is 1. The van der Waals surface area contributed by atoms with Crippen LogP contribution < -0.4 is 0 Å². The first-order valence-corrected chi connectivity index (χ1v) is 9.50. The van der Waals surface area contributed by atoms with Gasteiger partial charge in [-0.3, -0.25) is 9.48 Å². The largest absolute Gasteiger partial charge is 0.338 e. The summed E-state index contributed by atoms with van der Waals surface area (Å²) in [6.45, 7) is 7.67. The number of benzene rings is 1. The number of carbonyl (C=O) groups excluding carboxylic acids is 1. The highest BCUT2D eigenvalue weighted by Gasteiger charge is 2.26. The van der Waals surface area contributed by atoms with Crippen molar-refractivity contribution in [2.24, 2.45) is 7.05 Å². The van der Waals surface area contributed by atoms with Crippen LogP contribution in [0.4, 0.5) is 0 Å². The summed E-state index contributed by atoms with van der Waals surface area (Å²) in [4.78, 5) is 15.0. The van der Waals surface area contributed by atoms with E-state index in [1.165, 1.54) is 11.1 Å². The number of hydrogen-bond acceptors (Lipinski definition) is 3. The van der Waals surface area contributed by atoms with Crippen LogP contribution >= 0.6 is 11.8 Å². The predicted molar refractivity (Wildman–Crippen MR) is 99.6 cm³/mol. The Morgan fingerprint density at radius 1 is 1.21 bits per heavy atom. The fraction of sp³-hybridized carbons (Fsp3) is 0.474. The highest BCUT2D eigenvalue weighted by Crippen LogP contribution is 2.36. The van der Waals surface area contributed by atoms with Gasteiger partial charge in [0.05, 0.1) is 11.3 Å². The number of hydrogen-bond donors (Lipinski definition) is 0.